The molecule has 0 spiro atoms. The summed E-state index contributed by atoms with van der Waals surface area (Å²) in [6.07, 6.45) is 4.82. The van der Waals surface area contributed by atoms with Crippen LogP contribution < -0.4 is 0 Å². The third kappa shape index (κ3) is 4.10. The number of rotatable bonds is 6. The first-order chi connectivity index (χ1) is 12.2. The lowest BCUT2D eigenvalue weighted by molar-refractivity contribution is -0.204. The zero-order chi connectivity index (χ0) is 20.3. The number of ether oxygens (including phenoxy) is 1. The second-order valence-electron chi connectivity index (χ2n) is 7.65. The fourth-order valence-corrected chi connectivity index (χ4v) is 6.58. The number of carbonyl (C=O) groups is 1. The number of alkyl halides is 3. The number of carbonyl (C=O) groups excluding carboxylic acids is 1. The van der Waals surface area contributed by atoms with Crippen LogP contribution >= 0.6 is 0 Å². The Bertz CT molecular complexity index is 794. The SMILES string of the molecule is CC1(OC(=O)COS(=O)(=O)[N-]S(=O)(=O)C(F)(F)F)C2CC3CC(C2)CC1C3. The zero-order valence-electron chi connectivity index (χ0n) is 14.3. The predicted molar refractivity (Wildman–Crippen MR) is 84.7 cm³/mol. The molecule has 0 radical (unpaired) electrons. The molecule has 0 aromatic rings. The van der Waals surface area contributed by atoms with Gasteiger partial charge in [-0.1, -0.05) is 0 Å². The van der Waals surface area contributed by atoms with Gasteiger partial charge >= 0.3 is 11.5 Å². The molecule has 4 aliphatic carbocycles. The maximum atomic E-state index is 12.2. The molecule has 27 heavy (non-hydrogen) atoms. The highest BCUT2D eigenvalue weighted by Crippen LogP contribution is 2.59. The molecule has 0 unspecified atom stereocenters. The van der Waals surface area contributed by atoms with E-state index in [-0.39, 0.29) is 11.8 Å². The van der Waals surface area contributed by atoms with E-state index in [4.69, 9.17) is 4.74 Å². The van der Waals surface area contributed by atoms with Crippen molar-refractivity contribution in [1.29, 1.82) is 0 Å². The van der Waals surface area contributed by atoms with Crippen LogP contribution in [-0.4, -0.2) is 40.5 Å². The van der Waals surface area contributed by atoms with Crippen LogP contribution in [0.3, 0.4) is 0 Å². The van der Waals surface area contributed by atoms with Crippen LogP contribution in [0, 0.1) is 23.7 Å². The monoisotopic (exact) mass is 434 g/mol. The van der Waals surface area contributed by atoms with E-state index in [0.717, 1.165) is 25.7 Å². The maximum absolute atomic E-state index is 12.2. The van der Waals surface area contributed by atoms with E-state index < -0.39 is 44.0 Å². The quantitative estimate of drug-likeness (QED) is 0.588. The topological polar surface area (TPSA) is 118 Å². The highest BCUT2D eigenvalue weighted by Gasteiger charge is 2.57. The Hall–Kier alpha value is -0.920. The molecule has 4 aliphatic rings. The Morgan fingerprint density at radius 2 is 1.52 bits per heavy atom. The van der Waals surface area contributed by atoms with Gasteiger partial charge in [-0.2, -0.15) is 13.2 Å². The lowest BCUT2D eigenvalue weighted by atomic mass is 9.50. The molecule has 13 heteroatoms. The van der Waals surface area contributed by atoms with E-state index >= 15 is 0 Å². The van der Waals surface area contributed by atoms with Gasteiger partial charge < -0.3 is 8.86 Å². The molecule has 0 aliphatic heterocycles. The van der Waals surface area contributed by atoms with E-state index in [1.54, 1.807) is 11.1 Å². The average Bonchev–Trinajstić information content (AvgIpc) is 2.48. The molecule has 4 saturated carbocycles. The van der Waals surface area contributed by atoms with Crippen molar-refractivity contribution in [3.8, 4) is 0 Å². The first kappa shape index (κ1) is 20.8. The molecule has 0 saturated heterocycles. The van der Waals surface area contributed by atoms with E-state index in [1.807, 2.05) is 0 Å². The van der Waals surface area contributed by atoms with Crippen molar-refractivity contribution in [3.63, 3.8) is 0 Å². The van der Waals surface area contributed by atoms with Crippen molar-refractivity contribution < 1.29 is 43.7 Å². The summed E-state index contributed by atoms with van der Waals surface area (Å²) in [5.41, 5.74) is -6.68. The summed E-state index contributed by atoms with van der Waals surface area (Å²) < 4.78 is 92.0. The molecule has 0 heterocycles. The van der Waals surface area contributed by atoms with Crippen LogP contribution in [0.1, 0.15) is 39.0 Å². The number of hydrogen-bond donors (Lipinski definition) is 0. The average molecular weight is 434 g/mol. The molecule has 0 atom stereocenters. The molecule has 0 aromatic carbocycles. The minimum atomic E-state index is -6.30. The van der Waals surface area contributed by atoms with Gasteiger partial charge in [0.25, 0.3) is 0 Å². The van der Waals surface area contributed by atoms with Crippen molar-refractivity contribution in [1.82, 2.24) is 0 Å². The molecular formula is C14H19F3NO7S2-. The minimum absolute atomic E-state index is 0.143. The Kier molecular flexibility index (Phi) is 5.06. The van der Waals surface area contributed by atoms with Gasteiger partial charge in [-0.05, 0) is 62.7 Å². The van der Waals surface area contributed by atoms with Crippen LogP contribution in [0.2, 0.25) is 0 Å². The number of sulfonamides is 1. The van der Waals surface area contributed by atoms with Gasteiger partial charge in [0, 0.05) is 0 Å². The summed E-state index contributed by atoms with van der Waals surface area (Å²) in [5, 5.41) is 0. The van der Waals surface area contributed by atoms with E-state index in [1.165, 1.54) is 6.42 Å². The van der Waals surface area contributed by atoms with Gasteiger partial charge in [-0.25, -0.2) is 21.6 Å². The summed E-state index contributed by atoms with van der Waals surface area (Å²) in [5.74, 6) is 0.395. The number of esters is 1. The Labute approximate surface area is 155 Å². The van der Waals surface area contributed by atoms with E-state index in [2.05, 4.69) is 4.18 Å². The molecule has 4 bridgehead atoms. The van der Waals surface area contributed by atoms with Crippen LogP contribution in [0.4, 0.5) is 13.2 Å². The predicted octanol–water partition coefficient (Wildman–Crippen LogP) is 2.23. The zero-order valence-corrected chi connectivity index (χ0v) is 15.9. The first-order valence-electron chi connectivity index (χ1n) is 8.38. The maximum Gasteiger partial charge on any atom is 0.480 e. The van der Waals surface area contributed by atoms with Crippen molar-refractivity contribution in [2.24, 2.45) is 23.7 Å². The first-order valence-corrected chi connectivity index (χ1v) is 11.2. The fraction of sp³-hybridized carbons (Fsp3) is 0.929. The van der Waals surface area contributed by atoms with Crippen molar-refractivity contribution in [2.75, 3.05) is 6.61 Å². The second kappa shape index (κ2) is 6.56. The smallest absolute Gasteiger partial charge is 0.457 e. The summed E-state index contributed by atoms with van der Waals surface area (Å²) in [6, 6.07) is 0. The Morgan fingerprint density at radius 3 is 1.96 bits per heavy atom. The standard InChI is InChI=1S/C14H19F3NO7S2/c1-13(10-3-8-2-9(5-10)6-11(13)4-8)25-12(19)7-24-27(22,23)18-26(20,21)14(15,16)17/h8-11H,2-7H2,1H3/q-1. The van der Waals surface area contributed by atoms with E-state index in [9.17, 15) is 34.8 Å². The molecule has 0 aromatic heterocycles. The molecule has 156 valence electrons. The van der Waals surface area contributed by atoms with Gasteiger partial charge in [-0.3, -0.25) is 4.18 Å². The molecule has 8 nitrogen and oxygen atoms in total. The second-order valence-corrected chi connectivity index (χ2v) is 10.7. The van der Waals surface area contributed by atoms with Crippen LogP contribution in [0.5, 0.6) is 0 Å². The van der Waals surface area contributed by atoms with Gasteiger partial charge in [0.15, 0.2) is 16.6 Å². The summed E-state index contributed by atoms with van der Waals surface area (Å²) in [7, 11) is -11.8. The number of halogens is 3. The van der Waals surface area contributed by atoms with Crippen LogP contribution in [0.25, 0.3) is 4.13 Å². The van der Waals surface area contributed by atoms with Crippen molar-refractivity contribution in [3.05, 3.63) is 4.13 Å². The molecule has 4 fully saturated rings. The summed E-state index contributed by atoms with van der Waals surface area (Å²) in [6.45, 7) is 0.534. The Balaban J connectivity index is 1.58. The van der Waals surface area contributed by atoms with Gasteiger partial charge in [-0.15, -0.1) is 0 Å². The third-order valence-corrected chi connectivity index (χ3v) is 8.42. The largest absolute Gasteiger partial charge is 0.480 e. The summed E-state index contributed by atoms with van der Waals surface area (Å²) in [4.78, 5) is 12.0. The lowest BCUT2D eigenvalue weighted by Crippen LogP contribution is -2.58. The molecule has 0 amide bonds. The highest BCUT2D eigenvalue weighted by atomic mass is 32.3. The summed E-state index contributed by atoms with van der Waals surface area (Å²) >= 11 is 0. The minimum Gasteiger partial charge on any atom is -0.457 e. The van der Waals surface area contributed by atoms with E-state index in [0.29, 0.717) is 11.8 Å². The number of hydrogen-bond acceptors (Lipinski definition) is 7. The third-order valence-electron chi connectivity index (χ3n) is 5.90. The van der Waals surface area contributed by atoms with Crippen molar-refractivity contribution in [2.45, 2.75) is 50.1 Å². The molecule has 4 rings (SSSR count). The van der Waals surface area contributed by atoms with Crippen molar-refractivity contribution >= 4 is 26.3 Å². The molecular weight excluding hydrogens is 415 g/mol. The number of nitrogens with zero attached hydrogens (tertiary/aromatic N) is 1. The van der Waals surface area contributed by atoms with Crippen LogP contribution in [0.15, 0.2) is 0 Å². The lowest BCUT2D eigenvalue weighted by Gasteiger charge is -2.59. The fourth-order valence-electron chi connectivity index (χ4n) is 4.87. The van der Waals surface area contributed by atoms with Crippen LogP contribution in [-0.2, 0) is 34.0 Å². The molecule has 0 N–H and O–H groups in total. The normalized spacial score (nSPS) is 36.0. The van der Waals surface area contributed by atoms with Gasteiger partial charge in [0.2, 0.25) is 10.3 Å². The Morgan fingerprint density at radius 1 is 1.04 bits per heavy atom. The van der Waals surface area contributed by atoms with Gasteiger partial charge in [0.05, 0.1) is 0 Å². The highest BCUT2D eigenvalue weighted by molar-refractivity contribution is 8.10. The van der Waals surface area contributed by atoms with Gasteiger partial charge in [0.1, 0.15) is 5.60 Å².